The van der Waals surface area contributed by atoms with E-state index in [1.165, 1.54) is 4.90 Å². The van der Waals surface area contributed by atoms with Gasteiger partial charge in [-0.15, -0.1) is 6.58 Å². The van der Waals surface area contributed by atoms with Crippen LogP contribution in [0.5, 0.6) is 0 Å². The van der Waals surface area contributed by atoms with E-state index in [9.17, 15) is 9.59 Å². The molecule has 0 aliphatic heterocycles. The fourth-order valence-corrected chi connectivity index (χ4v) is 1.30. The number of carbonyl (C=O) groups is 2. The van der Waals surface area contributed by atoms with Crippen LogP contribution >= 0.6 is 0 Å². The predicted octanol–water partition coefficient (Wildman–Crippen LogP) is -0.126. The highest BCUT2D eigenvalue weighted by Gasteiger charge is 2.20. The van der Waals surface area contributed by atoms with Crippen LogP contribution in [0.3, 0.4) is 0 Å². The number of likely N-dealkylation sites (N-methyl/N-ethyl adjacent to an activating group) is 1. The molecule has 0 saturated carbocycles. The summed E-state index contributed by atoms with van der Waals surface area (Å²) < 4.78 is 0. The van der Waals surface area contributed by atoms with Gasteiger partial charge in [-0.1, -0.05) is 13.0 Å². The average Bonchev–Trinajstić information content (AvgIpc) is 2.27. The number of nitrogens with zero attached hydrogens (tertiary/aromatic N) is 1. The zero-order chi connectivity index (χ0) is 12.6. The van der Waals surface area contributed by atoms with E-state index >= 15 is 0 Å². The van der Waals surface area contributed by atoms with E-state index in [1.54, 1.807) is 13.1 Å². The van der Waals surface area contributed by atoms with Gasteiger partial charge in [0.15, 0.2) is 0 Å². The van der Waals surface area contributed by atoms with Crippen molar-refractivity contribution in [2.24, 2.45) is 5.73 Å². The molecule has 0 aromatic heterocycles. The molecular weight excluding hydrogens is 206 g/mol. The smallest absolute Gasteiger partial charge is 0.240 e. The summed E-state index contributed by atoms with van der Waals surface area (Å²) in [6.07, 6.45) is 2.82. The summed E-state index contributed by atoms with van der Waals surface area (Å²) in [6, 6.07) is -0.603. The standard InChI is InChI=1S/C11H21N3O2/c1-4-6-9(12)11(16)14(7-5-2)8-10(15)13-3/h4,9H,1,5-8,12H2,2-3H3,(H,13,15). The van der Waals surface area contributed by atoms with Crippen LogP contribution in [0.25, 0.3) is 0 Å². The molecule has 1 atom stereocenters. The van der Waals surface area contributed by atoms with E-state index in [0.29, 0.717) is 13.0 Å². The van der Waals surface area contributed by atoms with Gasteiger partial charge in [-0.05, 0) is 12.8 Å². The maximum Gasteiger partial charge on any atom is 0.240 e. The van der Waals surface area contributed by atoms with Crippen LogP contribution in [0, 0.1) is 0 Å². The summed E-state index contributed by atoms with van der Waals surface area (Å²) in [4.78, 5) is 24.5. The minimum atomic E-state index is -0.603. The first kappa shape index (κ1) is 14.6. The van der Waals surface area contributed by atoms with Crippen LogP contribution in [0.1, 0.15) is 19.8 Å². The number of nitrogens with one attached hydrogen (secondary N) is 1. The van der Waals surface area contributed by atoms with E-state index in [0.717, 1.165) is 6.42 Å². The lowest BCUT2D eigenvalue weighted by Crippen LogP contribution is -2.47. The van der Waals surface area contributed by atoms with Gasteiger partial charge in [-0.3, -0.25) is 9.59 Å². The van der Waals surface area contributed by atoms with Crippen molar-refractivity contribution >= 4 is 11.8 Å². The van der Waals surface area contributed by atoms with Gasteiger partial charge >= 0.3 is 0 Å². The van der Waals surface area contributed by atoms with Crippen molar-refractivity contribution in [1.82, 2.24) is 10.2 Å². The van der Waals surface area contributed by atoms with E-state index in [-0.39, 0.29) is 18.4 Å². The van der Waals surface area contributed by atoms with Gasteiger partial charge < -0.3 is 16.0 Å². The van der Waals surface area contributed by atoms with Crippen LogP contribution < -0.4 is 11.1 Å². The van der Waals surface area contributed by atoms with Crippen molar-refractivity contribution in [1.29, 1.82) is 0 Å². The molecule has 16 heavy (non-hydrogen) atoms. The Kier molecular flexibility index (Phi) is 7.20. The summed E-state index contributed by atoms with van der Waals surface area (Å²) >= 11 is 0. The van der Waals surface area contributed by atoms with Gasteiger partial charge in [0.1, 0.15) is 0 Å². The first-order valence-corrected chi connectivity index (χ1v) is 5.42. The van der Waals surface area contributed by atoms with Crippen molar-refractivity contribution in [2.75, 3.05) is 20.1 Å². The van der Waals surface area contributed by atoms with Gasteiger partial charge in [-0.25, -0.2) is 0 Å². The predicted molar refractivity (Wildman–Crippen MR) is 63.7 cm³/mol. The zero-order valence-electron chi connectivity index (χ0n) is 10.0. The third-order valence-electron chi connectivity index (χ3n) is 2.16. The average molecular weight is 227 g/mol. The van der Waals surface area contributed by atoms with E-state index in [1.807, 2.05) is 6.92 Å². The second kappa shape index (κ2) is 7.87. The lowest BCUT2D eigenvalue weighted by Gasteiger charge is -2.24. The highest BCUT2D eigenvalue weighted by Crippen LogP contribution is 1.99. The number of hydrogen-bond acceptors (Lipinski definition) is 3. The third kappa shape index (κ3) is 4.93. The molecule has 5 nitrogen and oxygen atoms in total. The zero-order valence-corrected chi connectivity index (χ0v) is 10.0. The van der Waals surface area contributed by atoms with Crippen LogP contribution in [0.15, 0.2) is 12.7 Å². The summed E-state index contributed by atoms with van der Waals surface area (Å²) in [5.74, 6) is -0.391. The lowest BCUT2D eigenvalue weighted by molar-refractivity contribution is -0.136. The molecule has 0 radical (unpaired) electrons. The Balaban J connectivity index is 4.44. The highest BCUT2D eigenvalue weighted by atomic mass is 16.2. The Morgan fingerprint density at radius 3 is 2.62 bits per heavy atom. The molecule has 0 heterocycles. The van der Waals surface area contributed by atoms with Crippen LogP contribution in [-0.2, 0) is 9.59 Å². The molecule has 92 valence electrons. The molecule has 0 bridgehead atoms. The Morgan fingerprint density at radius 1 is 1.56 bits per heavy atom. The topological polar surface area (TPSA) is 75.4 Å². The monoisotopic (exact) mass is 227 g/mol. The highest BCUT2D eigenvalue weighted by molar-refractivity contribution is 5.87. The summed E-state index contributed by atoms with van der Waals surface area (Å²) in [6.45, 7) is 6.09. The fraction of sp³-hybridized carbons (Fsp3) is 0.636. The fourth-order valence-electron chi connectivity index (χ4n) is 1.30. The Bertz CT molecular complexity index is 254. The number of hydrogen-bond donors (Lipinski definition) is 2. The molecule has 0 rings (SSSR count). The van der Waals surface area contributed by atoms with Crippen molar-refractivity contribution in [3.05, 3.63) is 12.7 Å². The first-order chi connectivity index (χ1) is 7.56. The first-order valence-electron chi connectivity index (χ1n) is 5.42. The molecule has 0 spiro atoms. The molecule has 3 N–H and O–H groups in total. The SMILES string of the molecule is C=CCC(N)C(=O)N(CCC)CC(=O)NC. The molecule has 2 amide bonds. The normalized spacial score (nSPS) is 11.7. The molecule has 0 fully saturated rings. The molecule has 1 unspecified atom stereocenters. The lowest BCUT2D eigenvalue weighted by atomic mass is 10.2. The maximum absolute atomic E-state index is 11.8. The number of carbonyl (C=O) groups excluding carboxylic acids is 2. The molecular formula is C11H21N3O2. The quantitative estimate of drug-likeness (QED) is 0.595. The van der Waals surface area contributed by atoms with Crippen molar-refractivity contribution in [2.45, 2.75) is 25.8 Å². The van der Waals surface area contributed by atoms with Crippen molar-refractivity contribution < 1.29 is 9.59 Å². The van der Waals surface area contributed by atoms with E-state index in [4.69, 9.17) is 5.73 Å². The van der Waals surface area contributed by atoms with Gasteiger partial charge in [-0.2, -0.15) is 0 Å². The minimum Gasteiger partial charge on any atom is -0.358 e. The Hall–Kier alpha value is -1.36. The van der Waals surface area contributed by atoms with Gasteiger partial charge in [0, 0.05) is 13.6 Å². The molecule has 0 saturated heterocycles. The minimum absolute atomic E-state index is 0.0635. The molecule has 0 aromatic rings. The van der Waals surface area contributed by atoms with E-state index < -0.39 is 6.04 Å². The summed E-state index contributed by atoms with van der Waals surface area (Å²) in [5.41, 5.74) is 5.68. The number of nitrogens with two attached hydrogens (primary N) is 1. The van der Waals surface area contributed by atoms with Crippen molar-refractivity contribution in [3.63, 3.8) is 0 Å². The molecule has 0 aliphatic carbocycles. The number of rotatable bonds is 7. The summed E-state index contributed by atoms with van der Waals surface area (Å²) in [7, 11) is 1.54. The second-order valence-electron chi connectivity index (χ2n) is 3.56. The molecule has 0 aliphatic rings. The van der Waals surface area contributed by atoms with E-state index in [2.05, 4.69) is 11.9 Å². The third-order valence-corrected chi connectivity index (χ3v) is 2.16. The Morgan fingerprint density at radius 2 is 2.19 bits per heavy atom. The molecule has 0 aromatic carbocycles. The van der Waals surface area contributed by atoms with Gasteiger partial charge in [0.2, 0.25) is 11.8 Å². The Labute approximate surface area is 96.7 Å². The second-order valence-corrected chi connectivity index (χ2v) is 3.56. The molecule has 5 heteroatoms. The maximum atomic E-state index is 11.8. The van der Waals surface area contributed by atoms with Crippen LogP contribution in [-0.4, -0.2) is 42.9 Å². The van der Waals surface area contributed by atoms with Gasteiger partial charge in [0.05, 0.1) is 12.6 Å². The van der Waals surface area contributed by atoms with Crippen LogP contribution in [0.2, 0.25) is 0 Å². The van der Waals surface area contributed by atoms with Gasteiger partial charge in [0.25, 0.3) is 0 Å². The number of amides is 2. The summed E-state index contributed by atoms with van der Waals surface area (Å²) in [5, 5.41) is 2.49. The van der Waals surface area contributed by atoms with Crippen molar-refractivity contribution in [3.8, 4) is 0 Å². The van der Waals surface area contributed by atoms with Crippen LogP contribution in [0.4, 0.5) is 0 Å². The largest absolute Gasteiger partial charge is 0.358 e.